The first-order valence-corrected chi connectivity index (χ1v) is 10.2. The van der Waals surface area contributed by atoms with Crippen molar-refractivity contribution in [3.63, 3.8) is 0 Å². The Kier molecular flexibility index (Phi) is 7.37. The van der Waals surface area contributed by atoms with E-state index >= 15 is 0 Å². The number of anilines is 1. The van der Waals surface area contributed by atoms with Crippen molar-refractivity contribution in [1.82, 2.24) is 0 Å². The highest BCUT2D eigenvalue weighted by Crippen LogP contribution is 2.37. The fraction of sp³-hybridized carbons (Fsp3) is 0.200. The topological polar surface area (TPSA) is 66.8 Å². The minimum Gasteiger partial charge on any atom is -0.480 e. The van der Waals surface area contributed by atoms with Crippen molar-refractivity contribution in [3.05, 3.63) is 90.0 Å². The number of ether oxygens (including phenoxy) is 1. The number of hydrogen-bond acceptors (Lipinski definition) is 3. The number of nitrogens with zero attached hydrogens (tertiary/aromatic N) is 1. The quantitative estimate of drug-likeness (QED) is 0.455. The van der Waals surface area contributed by atoms with Gasteiger partial charge in [0.1, 0.15) is 17.5 Å². The van der Waals surface area contributed by atoms with Gasteiger partial charge in [0, 0.05) is 0 Å². The number of amides is 1. The van der Waals surface area contributed by atoms with Crippen LogP contribution in [0, 0.1) is 0 Å². The first-order chi connectivity index (χ1) is 15.7. The Morgan fingerprint density at radius 3 is 2.06 bits per heavy atom. The van der Waals surface area contributed by atoms with Crippen molar-refractivity contribution < 1.29 is 32.6 Å². The molecule has 33 heavy (non-hydrogen) atoms. The van der Waals surface area contributed by atoms with Crippen molar-refractivity contribution in [2.45, 2.75) is 32.0 Å². The van der Waals surface area contributed by atoms with Crippen LogP contribution in [0.2, 0.25) is 0 Å². The summed E-state index contributed by atoms with van der Waals surface area (Å²) >= 11 is 0. The number of para-hydroxylation sites is 2. The van der Waals surface area contributed by atoms with E-state index in [0.717, 1.165) is 17.0 Å². The molecule has 0 radical (unpaired) electrons. The number of hydrogen-bond donors (Lipinski definition) is 1. The molecule has 1 amide bonds. The number of alkyl halides is 3. The second-order valence-electron chi connectivity index (χ2n) is 7.28. The lowest BCUT2D eigenvalue weighted by molar-refractivity contribution is -0.141. The number of carboxylic acid groups (broad SMARTS) is 1. The molecular formula is C25H22F3NO4. The summed E-state index contributed by atoms with van der Waals surface area (Å²) in [6.45, 7) is 1.50. The molecule has 8 heteroatoms. The molecule has 0 aromatic heterocycles. The summed E-state index contributed by atoms with van der Waals surface area (Å²) < 4.78 is 46.5. The molecule has 0 aliphatic heterocycles. The average Bonchev–Trinajstić information content (AvgIpc) is 2.78. The van der Waals surface area contributed by atoms with Gasteiger partial charge in [0.05, 0.1) is 17.7 Å². The molecule has 3 rings (SSSR count). The van der Waals surface area contributed by atoms with Crippen LogP contribution in [0.1, 0.15) is 24.5 Å². The highest BCUT2D eigenvalue weighted by molar-refractivity contribution is 6.00. The molecule has 3 aromatic rings. The maximum Gasteiger partial charge on any atom is 0.418 e. The largest absolute Gasteiger partial charge is 0.480 e. The number of carboxylic acids is 1. The molecule has 0 saturated carbocycles. The predicted octanol–water partition coefficient (Wildman–Crippen LogP) is 5.94. The SMILES string of the molecule is CCC(C(=O)O)N(C(=O)Cc1ccc(Oc2ccccc2)cc1)c1ccccc1C(F)(F)F. The first-order valence-electron chi connectivity index (χ1n) is 10.2. The smallest absolute Gasteiger partial charge is 0.418 e. The second kappa shape index (κ2) is 10.2. The van der Waals surface area contributed by atoms with Crippen LogP contribution in [0.4, 0.5) is 18.9 Å². The van der Waals surface area contributed by atoms with E-state index in [1.165, 1.54) is 19.1 Å². The van der Waals surface area contributed by atoms with E-state index in [4.69, 9.17) is 4.74 Å². The van der Waals surface area contributed by atoms with Gasteiger partial charge in [-0.25, -0.2) is 4.79 Å². The number of carbonyl (C=O) groups excluding carboxylic acids is 1. The number of rotatable bonds is 8. The van der Waals surface area contributed by atoms with E-state index in [2.05, 4.69) is 0 Å². The molecule has 1 atom stereocenters. The van der Waals surface area contributed by atoms with Crippen LogP contribution in [-0.2, 0) is 22.2 Å². The maximum atomic E-state index is 13.6. The monoisotopic (exact) mass is 457 g/mol. The van der Waals surface area contributed by atoms with E-state index in [1.807, 2.05) is 18.2 Å². The molecule has 172 valence electrons. The van der Waals surface area contributed by atoms with Crippen molar-refractivity contribution in [3.8, 4) is 11.5 Å². The van der Waals surface area contributed by atoms with Crippen LogP contribution < -0.4 is 9.64 Å². The summed E-state index contributed by atoms with van der Waals surface area (Å²) in [6, 6.07) is 18.6. The minimum atomic E-state index is -4.75. The van der Waals surface area contributed by atoms with Gasteiger partial charge in [-0.2, -0.15) is 13.2 Å². The summed E-state index contributed by atoms with van der Waals surface area (Å²) in [6.07, 6.45) is -5.08. The van der Waals surface area contributed by atoms with Crippen LogP contribution in [0.5, 0.6) is 11.5 Å². The van der Waals surface area contributed by atoms with Gasteiger partial charge in [-0.05, 0) is 48.4 Å². The van der Waals surface area contributed by atoms with E-state index in [1.54, 1.807) is 36.4 Å². The van der Waals surface area contributed by atoms with Crippen LogP contribution in [0.15, 0.2) is 78.9 Å². The summed E-state index contributed by atoms with van der Waals surface area (Å²) in [5, 5.41) is 9.60. The lowest BCUT2D eigenvalue weighted by Crippen LogP contribution is -2.46. The van der Waals surface area contributed by atoms with Crippen molar-refractivity contribution >= 4 is 17.6 Å². The third-order valence-electron chi connectivity index (χ3n) is 4.98. The molecule has 3 aromatic carbocycles. The highest BCUT2D eigenvalue weighted by Gasteiger charge is 2.39. The van der Waals surface area contributed by atoms with E-state index < -0.39 is 35.3 Å². The molecule has 5 nitrogen and oxygen atoms in total. The molecular weight excluding hydrogens is 435 g/mol. The van der Waals surface area contributed by atoms with Crippen LogP contribution in [-0.4, -0.2) is 23.0 Å². The van der Waals surface area contributed by atoms with Gasteiger partial charge in [0.25, 0.3) is 0 Å². The van der Waals surface area contributed by atoms with Gasteiger partial charge in [-0.1, -0.05) is 49.4 Å². The van der Waals surface area contributed by atoms with Crippen LogP contribution >= 0.6 is 0 Å². The zero-order valence-electron chi connectivity index (χ0n) is 17.8. The second-order valence-corrected chi connectivity index (χ2v) is 7.28. The van der Waals surface area contributed by atoms with Crippen molar-refractivity contribution in [2.75, 3.05) is 4.90 Å². The lowest BCUT2D eigenvalue weighted by Gasteiger charge is -2.30. The highest BCUT2D eigenvalue weighted by atomic mass is 19.4. The van der Waals surface area contributed by atoms with Gasteiger partial charge >= 0.3 is 12.1 Å². The van der Waals surface area contributed by atoms with Crippen LogP contribution in [0.3, 0.4) is 0 Å². The van der Waals surface area contributed by atoms with Crippen molar-refractivity contribution in [2.24, 2.45) is 0 Å². The standard InChI is InChI=1S/C25H22F3NO4/c1-2-21(24(31)32)29(22-11-7-6-10-20(22)25(26,27)28)23(30)16-17-12-14-19(15-13-17)33-18-8-4-3-5-9-18/h3-15,21H,2,16H2,1H3,(H,31,32). The number of halogens is 3. The first kappa shape index (κ1) is 23.8. The van der Waals surface area contributed by atoms with Gasteiger partial charge in [-0.3, -0.25) is 9.69 Å². The Bertz CT molecular complexity index is 1100. The molecule has 0 saturated heterocycles. The third kappa shape index (κ3) is 5.91. The van der Waals surface area contributed by atoms with Gasteiger partial charge in [0.2, 0.25) is 5.91 Å². The summed E-state index contributed by atoms with van der Waals surface area (Å²) in [5.41, 5.74) is -1.03. The number of carbonyl (C=O) groups is 2. The van der Waals surface area contributed by atoms with Gasteiger partial charge in [-0.15, -0.1) is 0 Å². The molecule has 0 bridgehead atoms. The average molecular weight is 457 g/mol. The fourth-order valence-electron chi connectivity index (χ4n) is 3.43. The molecule has 1 N–H and O–H groups in total. The zero-order valence-corrected chi connectivity index (χ0v) is 17.8. The summed E-state index contributed by atoms with van der Waals surface area (Å²) in [4.78, 5) is 25.7. The van der Waals surface area contributed by atoms with Crippen LogP contribution in [0.25, 0.3) is 0 Å². The zero-order chi connectivity index (χ0) is 24.0. The van der Waals surface area contributed by atoms with E-state index in [0.29, 0.717) is 17.1 Å². The molecule has 0 aliphatic carbocycles. The Labute approximate surface area is 189 Å². The molecule has 0 fully saturated rings. The number of aliphatic carboxylic acids is 1. The summed E-state index contributed by atoms with van der Waals surface area (Å²) in [5.74, 6) is -0.982. The predicted molar refractivity (Wildman–Crippen MR) is 117 cm³/mol. The molecule has 1 unspecified atom stereocenters. The Hall–Kier alpha value is -3.81. The van der Waals surface area contributed by atoms with E-state index in [9.17, 15) is 27.9 Å². The Balaban J connectivity index is 1.88. The Morgan fingerprint density at radius 1 is 0.909 bits per heavy atom. The molecule has 0 aliphatic rings. The molecule has 0 heterocycles. The van der Waals surface area contributed by atoms with E-state index in [-0.39, 0.29) is 12.8 Å². The normalized spacial score (nSPS) is 12.1. The van der Waals surface area contributed by atoms with Gasteiger partial charge < -0.3 is 9.84 Å². The fourth-order valence-corrected chi connectivity index (χ4v) is 3.43. The minimum absolute atomic E-state index is 0.0584. The molecule has 0 spiro atoms. The lowest BCUT2D eigenvalue weighted by atomic mass is 10.0. The number of benzene rings is 3. The Morgan fingerprint density at radius 2 is 1.48 bits per heavy atom. The van der Waals surface area contributed by atoms with Crippen molar-refractivity contribution in [1.29, 1.82) is 0 Å². The third-order valence-corrected chi connectivity index (χ3v) is 4.98. The van der Waals surface area contributed by atoms with Gasteiger partial charge in [0.15, 0.2) is 0 Å². The maximum absolute atomic E-state index is 13.6. The summed E-state index contributed by atoms with van der Waals surface area (Å²) in [7, 11) is 0.